The first-order valence-corrected chi connectivity index (χ1v) is 10.6. The molecule has 164 valence electrons. The number of ketones is 1. The third-order valence-electron chi connectivity index (χ3n) is 5.88. The van der Waals surface area contributed by atoms with Crippen LogP contribution in [0, 0.1) is 11.8 Å². The summed E-state index contributed by atoms with van der Waals surface area (Å²) in [7, 11) is 0. The SMILES string of the molecule is O=C(O)CCC/C=C\C[C@H]1C(=O)C[C@@H](O)[C@@H]1CC[C@@H](O)C1OCc2ccccc2O1. The predicted octanol–water partition coefficient (Wildman–Crippen LogP) is 2.83. The van der Waals surface area contributed by atoms with Gasteiger partial charge in [-0.15, -0.1) is 0 Å². The average Bonchev–Trinajstić information content (AvgIpc) is 3.00. The van der Waals surface area contributed by atoms with Crippen LogP contribution in [-0.4, -0.2) is 45.6 Å². The number of fused-ring (bicyclic) bond motifs is 1. The van der Waals surface area contributed by atoms with Crippen molar-refractivity contribution in [2.24, 2.45) is 11.8 Å². The van der Waals surface area contributed by atoms with Crippen LogP contribution >= 0.6 is 0 Å². The zero-order chi connectivity index (χ0) is 21.5. The number of Topliss-reactive ketones (excluding diaryl/α,β-unsaturated/α-hetero) is 1. The van der Waals surface area contributed by atoms with Gasteiger partial charge in [-0.25, -0.2) is 0 Å². The van der Waals surface area contributed by atoms with Crippen LogP contribution in [0.3, 0.4) is 0 Å². The van der Waals surface area contributed by atoms with E-state index >= 15 is 0 Å². The van der Waals surface area contributed by atoms with Gasteiger partial charge < -0.3 is 24.8 Å². The minimum absolute atomic E-state index is 0.0382. The standard InChI is InChI=1S/C23H30O7/c24-18(23-29-14-15-7-5-6-9-21(15)30-23)12-11-17-16(19(25)13-20(17)26)8-3-1-2-4-10-22(27)28/h1,3,5-7,9,16-18,20,23-24,26H,2,4,8,10-14H2,(H,27,28)/b3-1-/t16-,17-,18-,20-,23?/m1/s1. The molecule has 0 radical (unpaired) electrons. The Morgan fingerprint density at radius 3 is 2.87 bits per heavy atom. The second kappa shape index (κ2) is 10.7. The Bertz CT molecular complexity index is 760. The fourth-order valence-corrected chi connectivity index (χ4v) is 4.21. The van der Waals surface area contributed by atoms with Gasteiger partial charge in [-0.05, 0) is 44.1 Å². The summed E-state index contributed by atoms with van der Waals surface area (Å²) in [5.41, 5.74) is 0.938. The molecule has 1 saturated carbocycles. The Labute approximate surface area is 176 Å². The highest BCUT2D eigenvalue weighted by atomic mass is 16.7. The number of para-hydroxylation sites is 1. The van der Waals surface area contributed by atoms with Crippen LogP contribution in [0.5, 0.6) is 5.75 Å². The number of ether oxygens (including phenoxy) is 2. The third-order valence-corrected chi connectivity index (χ3v) is 5.88. The molecule has 3 N–H and O–H groups in total. The van der Waals surface area contributed by atoms with E-state index in [1.165, 1.54) is 0 Å². The highest BCUT2D eigenvalue weighted by molar-refractivity contribution is 5.84. The Balaban J connectivity index is 1.48. The molecule has 1 aliphatic carbocycles. The first kappa shape index (κ1) is 22.5. The maximum atomic E-state index is 12.3. The van der Waals surface area contributed by atoms with Gasteiger partial charge in [0.1, 0.15) is 17.6 Å². The van der Waals surface area contributed by atoms with Gasteiger partial charge in [0, 0.05) is 24.3 Å². The van der Waals surface area contributed by atoms with E-state index in [1.54, 1.807) is 0 Å². The molecule has 1 fully saturated rings. The fourth-order valence-electron chi connectivity index (χ4n) is 4.21. The van der Waals surface area contributed by atoms with Crippen molar-refractivity contribution >= 4 is 11.8 Å². The number of carboxylic acids is 1. The Kier molecular flexibility index (Phi) is 8.01. The van der Waals surface area contributed by atoms with E-state index in [2.05, 4.69) is 0 Å². The quantitative estimate of drug-likeness (QED) is 0.395. The molecule has 0 aromatic heterocycles. The Morgan fingerprint density at radius 2 is 2.07 bits per heavy atom. The number of carbonyl (C=O) groups is 2. The predicted molar refractivity (Wildman–Crippen MR) is 109 cm³/mol. The van der Waals surface area contributed by atoms with Gasteiger partial charge in [0.25, 0.3) is 0 Å². The summed E-state index contributed by atoms with van der Waals surface area (Å²) >= 11 is 0. The maximum absolute atomic E-state index is 12.3. The average molecular weight is 418 g/mol. The summed E-state index contributed by atoms with van der Waals surface area (Å²) in [6, 6.07) is 7.53. The second-order valence-electron chi connectivity index (χ2n) is 8.05. The van der Waals surface area contributed by atoms with Crippen molar-refractivity contribution in [3.05, 3.63) is 42.0 Å². The molecule has 0 amide bonds. The molecule has 1 aromatic carbocycles. The van der Waals surface area contributed by atoms with Gasteiger partial charge in [-0.2, -0.15) is 0 Å². The highest BCUT2D eigenvalue weighted by Crippen LogP contribution is 2.36. The minimum atomic E-state index is -0.853. The first-order chi connectivity index (χ1) is 14.5. The fraction of sp³-hybridized carbons (Fsp3) is 0.565. The van der Waals surface area contributed by atoms with Crippen molar-refractivity contribution in [1.29, 1.82) is 0 Å². The van der Waals surface area contributed by atoms with Gasteiger partial charge >= 0.3 is 5.97 Å². The van der Waals surface area contributed by atoms with Gasteiger partial charge in [-0.1, -0.05) is 30.4 Å². The topological polar surface area (TPSA) is 113 Å². The lowest BCUT2D eigenvalue weighted by atomic mass is 9.86. The third kappa shape index (κ3) is 5.90. The van der Waals surface area contributed by atoms with E-state index < -0.39 is 24.5 Å². The molecule has 0 bridgehead atoms. The van der Waals surface area contributed by atoms with Crippen molar-refractivity contribution in [2.45, 2.75) is 70.1 Å². The van der Waals surface area contributed by atoms with E-state index in [0.717, 1.165) is 5.56 Å². The molecule has 1 unspecified atom stereocenters. The van der Waals surface area contributed by atoms with Crippen LogP contribution < -0.4 is 4.74 Å². The van der Waals surface area contributed by atoms with E-state index in [-0.39, 0.29) is 30.5 Å². The number of carboxylic acid groups (broad SMARTS) is 1. The molecule has 1 aliphatic heterocycles. The number of allylic oxidation sites excluding steroid dienone is 2. The monoisotopic (exact) mass is 418 g/mol. The number of carbonyl (C=O) groups excluding carboxylic acids is 1. The summed E-state index contributed by atoms with van der Waals surface area (Å²) in [4.78, 5) is 22.8. The summed E-state index contributed by atoms with van der Waals surface area (Å²) in [5.74, 6) is -0.569. The number of benzene rings is 1. The molecule has 1 aromatic rings. The molecule has 0 spiro atoms. The molecule has 30 heavy (non-hydrogen) atoms. The highest BCUT2D eigenvalue weighted by Gasteiger charge is 2.41. The number of aliphatic hydroxyl groups is 2. The minimum Gasteiger partial charge on any atom is -0.481 e. The molecular weight excluding hydrogens is 388 g/mol. The lowest BCUT2D eigenvalue weighted by Gasteiger charge is -2.30. The van der Waals surface area contributed by atoms with E-state index in [0.29, 0.717) is 44.5 Å². The van der Waals surface area contributed by atoms with Crippen molar-refractivity contribution in [2.75, 3.05) is 0 Å². The number of unbranched alkanes of at least 4 members (excludes halogenated alkanes) is 1. The van der Waals surface area contributed by atoms with Crippen molar-refractivity contribution in [3.8, 4) is 5.75 Å². The summed E-state index contributed by atoms with van der Waals surface area (Å²) < 4.78 is 11.4. The summed E-state index contributed by atoms with van der Waals surface area (Å²) in [5, 5.41) is 29.5. The van der Waals surface area contributed by atoms with Crippen LogP contribution in [0.1, 0.15) is 50.5 Å². The van der Waals surface area contributed by atoms with E-state index in [4.69, 9.17) is 14.6 Å². The van der Waals surface area contributed by atoms with Crippen LogP contribution in [0.15, 0.2) is 36.4 Å². The molecule has 7 heteroatoms. The lowest BCUT2D eigenvalue weighted by molar-refractivity contribution is -0.168. The van der Waals surface area contributed by atoms with Gasteiger partial charge in [-0.3, -0.25) is 9.59 Å². The van der Waals surface area contributed by atoms with E-state index in [1.807, 2.05) is 36.4 Å². The van der Waals surface area contributed by atoms with Gasteiger partial charge in [0.2, 0.25) is 6.29 Å². The molecule has 1 heterocycles. The van der Waals surface area contributed by atoms with Gasteiger partial charge in [0.05, 0.1) is 12.7 Å². The molecule has 3 rings (SSSR count). The van der Waals surface area contributed by atoms with Crippen molar-refractivity contribution in [1.82, 2.24) is 0 Å². The Morgan fingerprint density at radius 1 is 1.27 bits per heavy atom. The molecular formula is C23H30O7. The second-order valence-corrected chi connectivity index (χ2v) is 8.05. The molecule has 5 atom stereocenters. The van der Waals surface area contributed by atoms with Crippen LogP contribution in [-0.2, 0) is 20.9 Å². The van der Waals surface area contributed by atoms with Crippen LogP contribution in [0.4, 0.5) is 0 Å². The van der Waals surface area contributed by atoms with E-state index in [9.17, 15) is 19.8 Å². The largest absolute Gasteiger partial charge is 0.481 e. The van der Waals surface area contributed by atoms with Crippen molar-refractivity contribution in [3.63, 3.8) is 0 Å². The van der Waals surface area contributed by atoms with Gasteiger partial charge in [0.15, 0.2) is 0 Å². The summed E-state index contributed by atoms with van der Waals surface area (Å²) in [6.07, 6.45) is 4.34. The number of aliphatic carboxylic acids is 1. The zero-order valence-corrected chi connectivity index (χ0v) is 17.0. The first-order valence-electron chi connectivity index (χ1n) is 10.6. The number of rotatable bonds is 10. The normalized spacial score (nSPS) is 27.1. The van der Waals surface area contributed by atoms with Crippen LogP contribution in [0.25, 0.3) is 0 Å². The number of hydrogen-bond acceptors (Lipinski definition) is 6. The smallest absolute Gasteiger partial charge is 0.303 e. The van der Waals surface area contributed by atoms with Crippen molar-refractivity contribution < 1.29 is 34.4 Å². The molecule has 2 aliphatic rings. The van der Waals surface area contributed by atoms with Crippen LogP contribution in [0.2, 0.25) is 0 Å². The zero-order valence-electron chi connectivity index (χ0n) is 17.0. The maximum Gasteiger partial charge on any atom is 0.303 e. The summed E-state index contributed by atoms with van der Waals surface area (Å²) in [6.45, 7) is 0.373. The lowest BCUT2D eigenvalue weighted by Crippen LogP contribution is -2.37. The molecule has 0 saturated heterocycles. The molecule has 7 nitrogen and oxygen atoms in total. The Hall–Kier alpha value is -2.22. The number of aliphatic hydroxyl groups excluding tert-OH is 2. The number of hydrogen-bond donors (Lipinski definition) is 3.